The molecule has 12 heteroatoms. The van der Waals surface area contributed by atoms with Gasteiger partial charge in [-0.1, -0.05) is 18.2 Å². The fourth-order valence-electron chi connectivity index (χ4n) is 1.99. The highest BCUT2D eigenvalue weighted by molar-refractivity contribution is 7.86. The van der Waals surface area contributed by atoms with Crippen LogP contribution in [0.4, 0.5) is 22.0 Å². The quantitative estimate of drug-likeness (QED) is 0.249. The molecule has 2 rings (SSSR count). The average molecular weight is 409 g/mol. The van der Waals surface area contributed by atoms with Crippen LogP contribution in [0, 0.1) is 29.1 Å². The molecule has 144 valence electrons. The molecular weight excluding hydrogens is 401 g/mol. The summed E-state index contributed by atoms with van der Waals surface area (Å²) in [6.07, 6.45) is 0.277. The van der Waals surface area contributed by atoms with E-state index in [1.807, 2.05) is 0 Å². The number of amides is 1. The van der Waals surface area contributed by atoms with Crippen LogP contribution in [-0.4, -0.2) is 32.7 Å². The smallest absolute Gasteiger partial charge is 0.298 e. The maximum Gasteiger partial charge on any atom is 0.323 e. The zero-order chi connectivity index (χ0) is 20.5. The van der Waals surface area contributed by atoms with Gasteiger partial charge in [-0.15, -0.1) is 4.28 Å². The monoisotopic (exact) mass is 409 g/mol. The fourth-order valence-corrected chi connectivity index (χ4v) is 3.04. The van der Waals surface area contributed by atoms with E-state index in [-0.39, 0.29) is 22.5 Å². The highest BCUT2D eigenvalue weighted by Crippen LogP contribution is 2.28. The van der Waals surface area contributed by atoms with Crippen LogP contribution in [0.15, 0.2) is 29.2 Å². The molecule has 0 aliphatic carbocycles. The Morgan fingerprint density at radius 2 is 1.44 bits per heavy atom. The SMILES string of the molecule is CN(OS(=O)(=O)c1c(F)c(F)c(F)c(F)c1F)C(=O)c1ccccc1C=O. The lowest BCUT2D eigenvalue weighted by Gasteiger charge is -2.17. The van der Waals surface area contributed by atoms with E-state index in [4.69, 9.17) is 0 Å². The molecule has 0 N–H and O–H groups in total. The number of halogens is 5. The van der Waals surface area contributed by atoms with Crippen LogP contribution in [-0.2, 0) is 14.4 Å². The first kappa shape index (κ1) is 20.5. The number of hydrogen-bond donors (Lipinski definition) is 0. The highest BCUT2D eigenvalue weighted by Gasteiger charge is 2.36. The number of hydrogen-bond acceptors (Lipinski definition) is 5. The van der Waals surface area contributed by atoms with Crippen LogP contribution in [0.5, 0.6) is 0 Å². The first-order valence-corrected chi connectivity index (χ1v) is 8.22. The normalized spacial score (nSPS) is 11.3. The van der Waals surface area contributed by atoms with Gasteiger partial charge in [0.1, 0.15) is 0 Å². The average Bonchev–Trinajstić information content (AvgIpc) is 2.63. The zero-order valence-corrected chi connectivity index (χ0v) is 14.0. The molecule has 0 radical (unpaired) electrons. The molecule has 0 saturated carbocycles. The van der Waals surface area contributed by atoms with E-state index in [1.54, 1.807) is 0 Å². The molecule has 2 aromatic carbocycles. The number of aldehydes is 1. The second kappa shape index (κ2) is 7.40. The molecule has 1 amide bonds. The number of hydroxylamine groups is 2. The minimum atomic E-state index is -5.64. The van der Waals surface area contributed by atoms with Gasteiger partial charge in [0.25, 0.3) is 5.91 Å². The van der Waals surface area contributed by atoms with E-state index >= 15 is 0 Å². The van der Waals surface area contributed by atoms with Gasteiger partial charge in [0.2, 0.25) is 5.82 Å². The molecule has 0 atom stereocenters. The topological polar surface area (TPSA) is 80.8 Å². The summed E-state index contributed by atoms with van der Waals surface area (Å²) in [4.78, 5) is 20.8. The van der Waals surface area contributed by atoms with Crippen molar-refractivity contribution in [1.29, 1.82) is 0 Å². The van der Waals surface area contributed by atoms with Crippen molar-refractivity contribution in [3.05, 3.63) is 64.5 Å². The first-order valence-electron chi connectivity index (χ1n) is 6.81. The summed E-state index contributed by atoms with van der Waals surface area (Å²) in [5.74, 6) is -14.1. The van der Waals surface area contributed by atoms with E-state index in [0.717, 1.165) is 6.07 Å². The van der Waals surface area contributed by atoms with Crippen LogP contribution < -0.4 is 0 Å². The Balaban J connectivity index is 2.45. The fraction of sp³-hybridized carbons (Fsp3) is 0.0667. The van der Waals surface area contributed by atoms with Gasteiger partial charge in [0, 0.05) is 12.6 Å². The van der Waals surface area contributed by atoms with Crippen LogP contribution >= 0.6 is 0 Å². The van der Waals surface area contributed by atoms with E-state index in [2.05, 4.69) is 4.28 Å². The molecule has 0 aromatic heterocycles. The third kappa shape index (κ3) is 3.66. The Bertz CT molecular complexity index is 1010. The third-order valence-corrected chi connectivity index (χ3v) is 4.51. The Morgan fingerprint density at radius 3 is 1.96 bits per heavy atom. The van der Waals surface area contributed by atoms with Gasteiger partial charge in [-0.3, -0.25) is 9.59 Å². The molecule has 2 aromatic rings. The van der Waals surface area contributed by atoms with Crippen molar-refractivity contribution in [3.8, 4) is 0 Å². The first-order chi connectivity index (χ1) is 12.5. The number of rotatable bonds is 5. The molecule has 0 fully saturated rings. The van der Waals surface area contributed by atoms with Crippen LogP contribution in [0.3, 0.4) is 0 Å². The number of carbonyl (C=O) groups is 2. The predicted octanol–water partition coefficient (Wildman–Crippen LogP) is 2.59. The number of benzene rings is 2. The molecule has 0 aliphatic heterocycles. The molecule has 0 unspecified atom stereocenters. The second-order valence-electron chi connectivity index (χ2n) is 4.94. The third-order valence-electron chi connectivity index (χ3n) is 3.23. The van der Waals surface area contributed by atoms with Gasteiger partial charge in [-0.2, -0.15) is 8.42 Å². The summed E-state index contributed by atoms with van der Waals surface area (Å²) in [5.41, 5.74) is -0.491. The number of nitrogens with zero attached hydrogens (tertiary/aromatic N) is 1. The maximum atomic E-state index is 13.7. The molecule has 0 aliphatic rings. The summed E-state index contributed by atoms with van der Waals surface area (Å²) in [7, 11) is -4.93. The van der Waals surface area contributed by atoms with E-state index in [0.29, 0.717) is 7.05 Å². The second-order valence-corrected chi connectivity index (χ2v) is 6.40. The molecule has 0 heterocycles. The van der Waals surface area contributed by atoms with Gasteiger partial charge >= 0.3 is 10.1 Å². The maximum absolute atomic E-state index is 13.7. The Kier molecular flexibility index (Phi) is 5.61. The minimum Gasteiger partial charge on any atom is -0.298 e. The van der Waals surface area contributed by atoms with E-state index in [1.165, 1.54) is 18.2 Å². The van der Waals surface area contributed by atoms with Crippen molar-refractivity contribution in [2.75, 3.05) is 7.05 Å². The van der Waals surface area contributed by atoms with Crippen LogP contribution in [0.25, 0.3) is 0 Å². The summed E-state index contributed by atoms with van der Waals surface area (Å²) < 4.78 is 94.8. The molecule has 0 spiro atoms. The van der Waals surface area contributed by atoms with Crippen molar-refractivity contribution in [1.82, 2.24) is 5.06 Å². The summed E-state index contributed by atoms with van der Waals surface area (Å²) in [5, 5.41) is -0.0320. The van der Waals surface area contributed by atoms with Crippen molar-refractivity contribution >= 4 is 22.3 Å². The summed E-state index contributed by atoms with van der Waals surface area (Å²) >= 11 is 0. The Hall–Kier alpha value is -2.86. The van der Waals surface area contributed by atoms with Gasteiger partial charge in [-0.05, 0) is 6.07 Å². The van der Waals surface area contributed by atoms with Crippen LogP contribution in [0.1, 0.15) is 20.7 Å². The van der Waals surface area contributed by atoms with E-state index < -0.39 is 50.0 Å². The molecular formula is C15H8F5NO5S. The Morgan fingerprint density at radius 1 is 0.963 bits per heavy atom. The minimum absolute atomic E-state index is 0.0320. The van der Waals surface area contributed by atoms with Crippen molar-refractivity contribution in [2.45, 2.75) is 4.90 Å². The van der Waals surface area contributed by atoms with Gasteiger partial charge < -0.3 is 0 Å². The lowest BCUT2D eigenvalue weighted by atomic mass is 10.1. The van der Waals surface area contributed by atoms with Crippen molar-refractivity contribution in [3.63, 3.8) is 0 Å². The van der Waals surface area contributed by atoms with Gasteiger partial charge in [-0.25, -0.2) is 27.0 Å². The molecule has 0 saturated heterocycles. The number of carbonyl (C=O) groups excluding carboxylic acids is 2. The lowest BCUT2D eigenvalue weighted by molar-refractivity contribution is -0.00933. The highest BCUT2D eigenvalue weighted by atomic mass is 32.2. The standard InChI is InChI=1S/C15H8F5NO5S/c1-21(15(23)8-5-3-2-4-7(8)6-22)26-27(24,25)14-12(19)10(17)9(16)11(18)13(14)20/h2-6H,1H3. The molecule has 6 nitrogen and oxygen atoms in total. The van der Waals surface area contributed by atoms with Crippen molar-refractivity contribution < 1.29 is 44.2 Å². The largest absolute Gasteiger partial charge is 0.323 e. The predicted molar refractivity (Wildman–Crippen MR) is 78.4 cm³/mol. The molecule has 0 bridgehead atoms. The van der Waals surface area contributed by atoms with E-state index in [9.17, 15) is 40.0 Å². The van der Waals surface area contributed by atoms with Gasteiger partial charge in [0.15, 0.2) is 34.5 Å². The lowest BCUT2D eigenvalue weighted by Crippen LogP contribution is -2.31. The van der Waals surface area contributed by atoms with Gasteiger partial charge in [0.05, 0.1) is 5.56 Å². The van der Waals surface area contributed by atoms with Crippen LogP contribution in [0.2, 0.25) is 0 Å². The Labute approximate surface area is 148 Å². The molecule has 27 heavy (non-hydrogen) atoms. The summed E-state index contributed by atoms with van der Waals surface area (Å²) in [6.45, 7) is 0. The summed E-state index contributed by atoms with van der Waals surface area (Å²) in [6, 6.07) is 5.06. The zero-order valence-electron chi connectivity index (χ0n) is 13.2. The van der Waals surface area contributed by atoms with Crippen molar-refractivity contribution in [2.24, 2.45) is 0 Å².